The zero-order valence-corrected chi connectivity index (χ0v) is 13.1. The number of hydrogen-bond donors (Lipinski definition) is 0. The Bertz CT molecular complexity index is 280. The molecule has 1 radical (unpaired) electrons. The number of allylic oxidation sites excluding steroid dienone is 3. The number of ether oxygens (including phenoxy) is 1. The van der Waals surface area contributed by atoms with Crippen molar-refractivity contribution in [2.75, 3.05) is 13.2 Å². The number of rotatable bonds is 5. The van der Waals surface area contributed by atoms with Crippen LogP contribution < -0.4 is 0 Å². The van der Waals surface area contributed by atoms with Gasteiger partial charge in [0.2, 0.25) is 0 Å². The fourth-order valence-electron chi connectivity index (χ4n) is 1.46. The van der Waals surface area contributed by atoms with Gasteiger partial charge in [-0.05, 0) is 13.0 Å². The first-order valence-electron chi connectivity index (χ1n) is 5.77. The summed E-state index contributed by atoms with van der Waals surface area (Å²) in [7, 11) is -0.974. The molecule has 1 rings (SSSR count). The molecule has 1 nitrogen and oxygen atoms in total. The van der Waals surface area contributed by atoms with Crippen LogP contribution in [0.1, 0.15) is 0 Å². The minimum absolute atomic E-state index is 0.145. The molecule has 0 saturated carbocycles. The highest BCUT2D eigenvalue weighted by Crippen LogP contribution is 2.33. The Morgan fingerprint density at radius 3 is 2.62 bits per heavy atom. The second-order valence-electron chi connectivity index (χ2n) is 5.74. The lowest BCUT2D eigenvalue weighted by molar-refractivity contribution is 0.0992. The van der Waals surface area contributed by atoms with E-state index in [0.717, 1.165) is 6.61 Å². The maximum Gasteiger partial charge on any atom is 0.0570 e. The average Bonchev–Trinajstić information content (AvgIpc) is 2.17. The maximum absolute atomic E-state index is 5.78. The second-order valence-corrected chi connectivity index (χ2v) is 12.4. The van der Waals surface area contributed by atoms with Gasteiger partial charge in [0, 0.05) is 24.9 Å². The molecule has 91 valence electrons. The summed E-state index contributed by atoms with van der Waals surface area (Å²) in [6, 6.07) is 1.22. The summed E-state index contributed by atoms with van der Waals surface area (Å²) in [6.45, 7) is 12.9. The van der Waals surface area contributed by atoms with Crippen LogP contribution in [0.5, 0.6) is 0 Å². The van der Waals surface area contributed by atoms with Gasteiger partial charge >= 0.3 is 0 Å². The fraction of sp³-hybridized carbons (Fsp3) is 0.615. The van der Waals surface area contributed by atoms with Gasteiger partial charge in [0.1, 0.15) is 0 Å². The van der Waals surface area contributed by atoms with Gasteiger partial charge in [0.05, 0.1) is 6.61 Å². The SMILES string of the molecule is [CH2]C1(COCC[Si](C)(C)C)C=CC=CC1Br. The van der Waals surface area contributed by atoms with Crippen LogP contribution in [0.25, 0.3) is 0 Å². The summed E-state index contributed by atoms with van der Waals surface area (Å²) in [4.78, 5) is 0.275. The molecule has 0 heterocycles. The molecule has 0 aromatic carbocycles. The van der Waals surface area contributed by atoms with Crippen molar-refractivity contribution in [1.29, 1.82) is 0 Å². The van der Waals surface area contributed by atoms with E-state index in [2.05, 4.69) is 54.6 Å². The van der Waals surface area contributed by atoms with Crippen molar-refractivity contribution in [3.63, 3.8) is 0 Å². The van der Waals surface area contributed by atoms with Gasteiger partial charge in [-0.1, -0.05) is 59.9 Å². The molecule has 2 atom stereocenters. The summed E-state index contributed by atoms with van der Waals surface area (Å²) >= 11 is 3.63. The zero-order valence-electron chi connectivity index (χ0n) is 10.5. The van der Waals surface area contributed by atoms with Gasteiger partial charge < -0.3 is 4.74 Å². The molecule has 0 amide bonds. The van der Waals surface area contributed by atoms with Gasteiger partial charge in [0.25, 0.3) is 0 Å². The smallest absolute Gasteiger partial charge is 0.0570 e. The van der Waals surface area contributed by atoms with E-state index in [1.54, 1.807) is 0 Å². The van der Waals surface area contributed by atoms with Crippen LogP contribution in [-0.4, -0.2) is 26.1 Å². The summed E-state index contributed by atoms with van der Waals surface area (Å²) in [5, 5.41) is 0. The van der Waals surface area contributed by atoms with Crippen LogP contribution in [0, 0.1) is 12.3 Å². The molecular weight excluding hydrogens is 280 g/mol. The second kappa shape index (κ2) is 5.65. The Morgan fingerprint density at radius 2 is 2.06 bits per heavy atom. The Labute approximate surface area is 109 Å². The molecular formula is C13H22BrOSi. The maximum atomic E-state index is 5.78. The standard InChI is InChI=1S/C13H22BrOSi/c1-13(8-6-5-7-12(13)14)11-15-9-10-16(2,3)4/h5-8,12H,1,9-11H2,2-4H3. The third kappa shape index (κ3) is 4.56. The molecule has 1 aliphatic rings. The minimum Gasteiger partial charge on any atom is -0.381 e. The first-order chi connectivity index (χ1) is 7.33. The molecule has 0 spiro atoms. The number of halogens is 1. The molecule has 0 N–H and O–H groups in total. The first kappa shape index (κ1) is 14.2. The molecule has 0 aliphatic heterocycles. The van der Waals surface area contributed by atoms with Crippen molar-refractivity contribution < 1.29 is 4.74 Å². The van der Waals surface area contributed by atoms with Gasteiger partial charge in [-0.25, -0.2) is 0 Å². The van der Waals surface area contributed by atoms with Gasteiger partial charge in [-0.15, -0.1) is 0 Å². The van der Waals surface area contributed by atoms with Crippen LogP contribution >= 0.6 is 15.9 Å². The quantitative estimate of drug-likeness (QED) is 0.423. The summed E-state index contributed by atoms with van der Waals surface area (Å²) in [5.74, 6) is 0. The fourth-order valence-corrected chi connectivity index (χ4v) is 2.68. The topological polar surface area (TPSA) is 9.23 Å². The molecule has 0 bridgehead atoms. The monoisotopic (exact) mass is 301 g/mol. The normalized spacial score (nSPS) is 29.7. The highest BCUT2D eigenvalue weighted by atomic mass is 79.9. The van der Waals surface area contributed by atoms with E-state index >= 15 is 0 Å². The van der Waals surface area contributed by atoms with E-state index in [1.807, 2.05) is 12.2 Å². The van der Waals surface area contributed by atoms with Crippen LogP contribution in [0.15, 0.2) is 24.3 Å². The van der Waals surface area contributed by atoms with Crippen molar-refractivity contribution in [3.8, 4) is 0 Å². The molecule has 1 aliphatic carbocycles. The predicted octanol–water partition coefficient (Wildman–Crippen LogP) is 4.05. The Morgan fingerprint density at radius 1 is 1.38 bits per heavy atom. The molecule has 0 saturated heterocycles. The molecule has 3 heteroatoms. The van der Waals surface area contributed by atoms with Crippen LogP contribution in [0.2, 0.25) is 25.7 Å². The van der Waals surface area contributed by atoms with Crippen molar-refractivity contribution in [2.45, 2.75) is 30.5 Å². The Balaban J connectivity index is 2.32. The molecule has 2 unspecified atom stereocenters. The van der Waals surface area contributed by atoms with E-state index < -0.39 is 8.07 Å². The summed E-state index contributed by atoms with van der Waals surface area (Å²) in [6.07, 6.45) is 8.34. The largest absolute Gasteiger partial charge is 0.381 e. The van der Waals surface area contributed by atoms with Crippen molar-refractivity contribution in [1.82, 2.24) is 0 Å². The molecule has 0 aromatic rings. The summed E-state index contributed by atoms with van der Waals surface area (Å²) in [5.41, 5.74) is -0.145. The van der Waals surface area contributed by atoms with Crippen molar-refractivity contribution >= 4 is 24.0 Å². The Kier molecular flexibility index (Phi) is 5.01. The van der Waals surface area contributed by atoms with Crippen molar-refractivity contribution in [3.05, 3.63) is 31.2 Å². The average molecular weight is 302 g/mol. The Hall–Kier alpha value is 0.137. The van der Waals surface area contributed by atoms with Gasteiger partial charge in [-0.2, -0.15) is 0 Å². The minimum atomic E-state index is -0.974. The van der Waals surface area contributed by atoms with Crippen LogP contribution in [0.4, 0.5) is 0 Å². The molecule has 16 heavy (non-hydrogen) atoms. The third-order valence-corrected chi connectivity index (χ3v) is 5.66. The highest BCUT2D eigenvalue weighted by molar-refractivity contribution is 9.09. The molecule has 0 fully saturated rings. The van der Waals surface area contributed by atoms with Gasteiger partial charge in [0.15, 0.2) is 0 Å². The van der Waals surface area contributed by atoms with E-state index in [4.69, 9.17) is 4.74 Å². The zero-order chi connectivity index (χ0) is 12.2. The lowest BCUT2D eigenvalue weighted by Crippen LogP contribution is -2.32. The lowest BCUT2D eigenvalue weighted by atomic mass is 9.84. The van der Waals surface area contributed by atoms with E-state index in [9.17, 15) is 0 Å². The van der Waals surface area contributed by atoms with Crippen molar-refractivity contribution in [2.24, 2.45) is 5.41 Å². The van der Waals surface area contributed by atoms with Gasteiger partial charge in [-0.3, -0.25) is 0 Å². The van der Waals surface area contributed by atoms with Crippen LogP contribution in [-0.2, 0) is 4.74 Å². The number of hydrogen-bond acceptors (Lipinski definition) is 1. The molecule has 0 aromatic heterocycles. The highest BCUT2D eigenvalue weighted by Gasteiger charge is 2.30. The third-order valence-electron chi connectivity index (χ3n) is 2.74. The number of alkyl halides is 1. The predicted molar refractivity (Wildman–Crippen MR) is 77.8 cm³/mol. The van der Waals surface area contributed by atoms with E-state index in [-0.39, 0.29) is 10.2 Å². The van der Waals surface area contributed by atoms with E-state index in [1.165, 1.54) is 6.04 Å². The van der Waals surface area contributed by atoms with E-state index in [0.29, 0.717) is 6.61 Å². The van der Waals surface area contributed by atoms with Crippen LogP contribution in [0.3, 0.4) is 0 Å². The first-order valence-corrected chi connectivity index (χ1v) is 10.4. The summed E-state index contributed by atoms with van der Waals surface area (Å²) < 4.78 is 5.78. The lowest BCUT2D eigenvalue weighted by Gasteiger charge is -2.31.